The Morgan fingerprint density at radius 1 is 1.32 bits per heavy atom. The molecule has 0 spiro atoms. The monoisotopic (exact) mass is 301 g/mol. The predicted octanol–water partition coefficient (Wildman–Crippen LogP) is 4.46. The minimum atomic E-state index is 0.114. The van der Waals surface area contributed by atoms with Crippen LogP contribution in [0.5, 0.6) is 0 Å². The van der Waals surface area contributed by atoms with Crippen molar-refractivity contribution in [3.8, 4) is 0 Å². The number of rotatable bonds is 7. The van der Waals surface area contributed by atoms with E-state index in [9.17, 15) is 0 Å². The Hall–Kier alpha value is -0.280. The fourth-order valence-corrected chi connectivity index (χ4v) is 2.91. The third kappa shape index (κ3) is 3.85. The zero-order valence-corrected chi connectivity index (χ0v) is 13.0. The molecular weight excluding hydrogens is 281 g/mol. The van der Waals surface area contributed by atoms with Crippen LogP contribution in [0, 0.1) is 5.92 Å². The molecule has 4 heteroatoms. The highest BCUT2D eigenvalue weighted by molar-refractivity contribution is 6.33. The molecule has 19 heavy (non-hydrogen) atoms. The number of ether oxygens (including phenoxy) is 1. The van der Waals surface area contributed by atoms with E-state index in [2.05, 4.69) is 12.2 Å². The van der Waals surface area contributed by atoms with Gasteiger partial charge in [0, 0.05) is 16.7 Å². The maximum absolute atomic E-state index is 6.34. The van der Waals surface area contributed by atoms with Gasteiger partial charge in [-0.1, -0.05) is 30.1 Å². The molecule has 0 bridgehead atoms. The highest BCUT2D eigenvalue weighted by Gasteiger charge is 2.38. The predicted molar refractivity (Wildman–Crippen MR) is 81.0 cm³/mol. The zero-order valence-electron chi connectivity index (χ0n) is 11.5. The number of halogens is 2. The lowest BCUT2D eigenvalue weighted by molar-refractivity contribution is 0.0190. The van der Waals surface area contributed by atoms with E-state index in [4.69, 9.17) is 27.9 Å². The van der Waals surface area contributed by atoms with Crippen molar-refractivity contribution in [2.75, 3.05) is 13.2 Å². The summed E-state index contributed by atoms with van der Waals surface area (Å²) in [5.74, 6) is 0.638. The molecule has 2 rings (SSSR count). The fraction of sp³-hybridized carbons (Fsp3) is 0.600. The molecule has 0 radical (unpaired) electrons. The molecule has 0 aliphatic heterocycles. The molecule has 1 aromatic rings. The number of benzene rings is 1. The average molecular weight is 302 g/mol. The molecular formula is C15H21Cl2NO. The highest BCUT2D eigenvalue weighted by atomic mass is 35.5. The van der Waals surface area contributed by atoms with Crippen LogP contribution in [-0.4, -0.2) is 19.3 Å². The Labute approximate surface area is 125 Å². The van der Waals surface area contributed by atoms with Crippen molar-refractivity contribution in [1.29, 1.82) is 0 Å². The Morgan fingerprint density at radius 3 is 2.63 bits per heavy atom. The van der Waals surface area contributed by atoms with Crippen molar-refractivity contribution in [2.24, 2.45) is 5.92 Å². The van der Waals surface area contributed by atoms with Crippen molar-refractivity contribution < 1.29 is 4.74 Å². The molecule has 2 unspecified atom stereocenters. The van der Waals surface area contributed by atoms with E-state index in [1.54, 1.807) is 0 Å². The van der Waals surface area contributed by atoms with Crippen LogP contribution in [-0.2, 0) is 4.74 Å². The van der Waals surface area contributed by atoms with Crippen molar-refractivity contribution >= 4 is 23.2 Å². The van der Waals surface area contributed by atoms with Crippen molar-refractivity contribution in [3.63, 3.8) is 0 Å². The highest BCUT2D eigenvalue weighted by Crippen LogP contribution is 2.41. The van der Waals surface area contributed by atoms with Gasteiger partial charge in [0.15, 0.2) is 0 Å². The minimum absolute atomic E-state index is 0.114. The molecule has 1 saturated carbocycles. The third-order valence-electron chi connectivity index (χ3n) is 3.49. The van der Waals surface area contributed by atoms with Gasteiger partial charge in [0.05, 0.1) is 12.1 Å². The summed E-state index contributed by atoms with van der Waals surface area (Å²) in [6, 6.07) is 5.75. The van der Waals surface area contributed by atoms with E-state index in [1.807, 2.05) is 25.1 Å². The first kappa shape index (κ1) is 15.1. The molecule has 0 heterocycles. The molecule has 2 nitrogen and oxygen atoms in total. The molecule has 0 saturated heterocycles. The Kier molecular flexibility index (Phi) is 5.52. The van der Waals surface area contributed by atoms with E-state index in [1.165, 1.54) is 12.8 Å². The lowest BCUT2D eigenvalue weighted by atomic mass is 9.97. The van der Waals surface area contributed by atoms with Gasteiger partial charge in [-0.2, -0.15) is 0 Å². The summed E-state index contributed by atoms with van der Waals surface area (Å²) >= 11 is 12.5. The second-order valence-corrected chi connectivity index (χ2v) is 5.80. The smallest absolute Gasteiger partial charge is 0.0798 e. The van der Waals surface area contributed by atoms with E-state index < -0.39 is 0 Å². The summed E-state index contributed by atoms with van der Waals surface area (Å²) in [6.07, 6.45) is 2.66. The number of nitrogens with one attached hydrogen (secondary N) is 1. The Bertz CT molecular complexity index is 421. The number of hydrogen-bond acceptors (Lipinski definition) is 2. The van der Waals surface area contributed by atoms with Crippen molar-refractivity contribution in [3.05, 3.63) is 33.8 Å². The minimum Gasteiger partial charge on any atom is -0.376 e. The summed E-state index contributed by atoms with van der Waals surface area (Å²) in [7, 11) is 0. The Balaban J connectivity index is 2.28. The van der Waals surface area contributed by atoms with Crippen LogP contribution in [0.4, 0.5) is 0 Å². The SMILES string of the molecule is CCNC(c1cc(Cl)ccc1Cl)C(OCC)C1CC1. The molecule has 1 N–H and O–H groups in total. The van der Waals surface area contributed by atoms with Crippen molar-refractivity contribution in [2.45, 2.75) is 38.8 Å². The van der Waals surface area contributed by atoms with Crippen molar-refractivity contribution in [1.82, 2.24) is 5.32 Å². The first-order valence-corrected chi connectivity index (χ1v) is 7.72. The quantitative estimate of drug-likeness (QED) is 0.803. The summed E-state index contributed by atoms with van der Waals surface area (Å²) in [6.45, 7) is 5.74. The standard InChI is InChI=1S/C15H21Cl2NO/c1-3-18-14(15(19-4-2)10-5-6-10)12-9-11(16)7-8-13(12)17/h7-10,14-15,18H,3-6H2,1-2H3. The summed E-state index contributed by atoms with van der Waals surface area (Å²) in [5, 5.41) is 4.97. The second-order valence-electron chi connectivity index (χ2n) is 4.96. The maximum atomic E-state index is 6.34. The fourth-order valence-electron chi connectivity index (χ4n) is 2.50. The van der Waals surface area contributed by atoms with Gasteiger partial charge in [-0.3, -0.25) is 0 Å². The van der Waals surface area contributed by atoms with Gasteiger partial charge >= 0.3 is 0 Å². The topological polar surface area (TPSA) is 21.3 Å². The van der Waals surface area contributed by atoms with E-state index >= 15 is 0 Å². The van der Waals surface area contributed by atoms with Crippen LogP contribution in [0.15, 0.2) is 18.2 Å². The maximum Gasteiger partial charge on any atom is 0.0798 e. The molecule has 1 aliphatic rings. The molecule has 0 amide bonds. The van der Waals surface area contributed by atoms with Crippen LogP contribution in [0.1, 0.15) is 38.3 Å². The van der Waals surface area contributed by atoms with E-state index in [-0.39, 0.29) is 12.1 Å². The summed E-state index contributed by atoms with van der Waals surface area (Å²) < 4.78 is 5.97. The Morgan fingerprint density at radius 2 is 2.05 bits per heavy atom. The van der Waals surface area contributed by atoms with E-state index in [0.29, 0.717) is 10.9 Å². The van der Waals surface area contributed by atoms with Crippen LogP contribution >= 0.6 is 23.2 Å². The van der Waals surface area contributed by atoms with Gasteiger partial charge in [-0.05, 0) is 56.0 Å². The molecule has 2 atom stereocenters. The first-order valence-electron chi connectivity index (χ1n) is 6.97. The van der Waals surface area contributed by atoms with E-state index in [0.717, 1.165) is 23.7 Å². The van der Waals surface area contributed by atoms with Gasteiger partial charge < -0.3 is 10.1 Å². The molecule has 0 aromatic heterocycles. The largest absolute Gasteiger partial charge is 0.376 e. The normalized spacial score (nSPS) is 18.3. The van der Waals surface area contributed by atoms with Gasteiger partial charge in [0.25, 0.3) is 0 Å². The van der Waals surface area contributed by atoms with Crippen LogP contribution in [0.25, 0.3) is 0 Å². The van der Waals surface area contributed by atoms with Gasteiger partial charge in [-0.25, -0.2) is 0 Å². The van der Waals surface area contributed by atoms with Gasteiger partial charge in [0.2, 0.25) is 0 Å². The molecule has 1 fully saturated rings. The van der Waals surface area contributed by atoms with Crippen LogP contribution < -0.4 is 5.32 Å². The summed E-state index contributed by atoms with van der Waals surface area (Å²) in [4.78, 5) is 0. The van der Waals surface area contributed by atoms with Gasteiger partial charge in [-0.15, -0.1) is 0 Å². The lowest BCUT2D eigenvalue weighted by Gasteiger charge is -2.29. The number of hydrogen-bond donors (Lipinski definition) is 1. The molecule has 1 aromatic carbocycles. The molecule has 106 valence electrons. The van der Waals surface area contributed by atoms with Gasteiger partial charge in [0.1, 0.15) is 0 Å². The third-order valence-corrected chi connectivity index (χ3v) is 4.07. The number of likely N-dealkylation sites (N-methyl/N-ethyl adjacent to an activating group) is 1. The van der Waals surface area contributed by atoms with Crippen LogP contribution in [0.3, 0.4) is 0 Å². The van der Waals surface area contributed by atoms with Crippen LogP contribution in [0.2, 0.25) is 10.0 Å². The average Bonchev–Trinajstić information content (AvgIpc) is 3.21. The summed E-state index contributed by atoms with van der Waals surface area (Å²) in [5.41, 5.74) is 1.04. The molecule has 1 aliphatic carbocycles. The first-order chi connectivity index (χ1) is 9.17. The zero-order chi connectivity index (χ0) is 13.8. The lowest BCUT2D eigenvalue weighted by Crippen LogP contribution is -2.35. The second kappa shape index (κ2) is 6.94.